The lowest BCUT2D eigenvalue weighted by molar-refractivity contribution is -0.142. The van der Waals surface area contributed by atoms with Gasteiger partial charge in [-0.25, -0.2) is 0 Å². The molecular formula is C12H15IO2. The lowest BCUT2D eigenvalue weighted by atomic mass is 9.95. The molecule has 3 heteroatoms. The van der Waals surface area contributed by atoms with Crippen LogP contribution in [0.25, 0.3) is 0 Å². The smallest absolute Gasteiger partial charge is 0.313 e. The van der Waals surface area contributed by atoms with Gasteiger partial charge in [0.05, 0.1) is 13.0 Å². The molecule has 0 aliphatic carbocycles. The van der Waals surface area contributed by atoms with Crippen LogP contribution in [0.3, 0.4) is 0 Å². The van der Waals surface area contributed by atoms with Crippen LogP contribution in [0, 0.1) is 3.57 Å². The Morgan fingerprint density at radius 2 is 2.00 bits per heavy atom. The summed E-state index contributed by atoms with van der Waals surface area (Å²) >= 11 is 2.25. The van der Waals surface area contributed by atoms with E-state index >= 15 is 0 Å². The van der Waals surface area contributed by atoms with Crippen LogP contribution >= 0.6 is 22.6 Å². The van der Waals surface area contributed by atoms with Crippen molar-refractivity contribution in [2.45, 2.75) is 25.7 Å². The van der Waals surface area contributed by atoms with Gasteiger partial charge in [0.1, 0.15) is 0 Å². The molecule has 1 rings (SSSR count). The van der Waals surface area contributed by atoms with E-state index in [1.807, 2.05) is 24.3 Å². The normalized spacial score (nSPS) is 12.2. The molecule has 0 radical (unpaired) electrons. The molecular weight excluding hydrogens is 303 g/mol. The number of carbonyl (C=O) groups excluding carboxylic acids is 1. The molecule has 1 unspecified atom stereocenters. The maximum Gasteiger partial charge on any atom is 0.313 e. The van der Waals surface area contributed by atoms with Crippen molar-refractivity contribution in [3.05, 3.63) is 33.4 Å². The zero-order chi connectivity index (χ0) is 11.3. The third-order valence-electron chi connectivity index (χ3n) is 2.34. The van der Waals surface area contributed by atoms with Crippen LogP contribution in [0.5, 0.6) is 0 Å². The molecule has 0 spiro atoms. The number of esters is 1. The van der Waals surface area contributed by atoms with Gasteiger partial charge in [0, 0.05) is 3.57 Å². The molecule has 0 fully saturated rings. The Morgan fingerprint density at radius 1 is 1.40 bits per heavy atom. The van der Waals surface area contributed by atoms with Crippen molar-refractivity contribution in [2.75, 3.05) is 7.11 Å². The second kappa shape index (κ2) is 6.10. The average Bonchev–Trinajstić information content (AvgIpc) is 2.26. The van der Waals surface area contributed by atoms with Crippen molar-refractivity contribution >= 4 is 28.6 Å². The van der Waals surface area contributed by atoms with Crippen LogP contribution in [0.4, 0.5) is 0 Å². The Labute approximate surface area is 104 Å². The monoisotopic (exact) mass is 318 g/mol. The highest BCUT2D eigenvalue weighted by Crippen LogP contribution is 2.23. The molecule has 0 N–H and O–H groups in total. The summed E-state index contributed by atoms with van der Waals surface area (Å²) < 4.78 is 5.99. The second-order valence-electron chi connectivity index (χ2n) is 3.42. The first kappa shape index (κ1) is 12.5. The van der Waals surface area contributed by atoms with Crippen molar-refractivity contribution in [1.29, 1.82) is 0 Å². The van der Waals surface area contributed by atoms with E-state index in [1.54, 1.807) is 0 Å². The molecule has 1 aromatic carbocycles. The fourth-order valence-corrected chi connectivity index (χ4v) is 1.91. The van der Waals surface area contributed by atoms with Gasteiger partial charge in [-0.15, -0.1) is 0 Å². The summed E-state index contributed by atoms with van der Waals surface area (Å²) in [7, 11) is 1.44. The fraction of sp³-hybridized carbons (Fsp3) is 0.417. The van der Waals surface area contributed by atoms with Crippen LogP contribution in [-0.4, -0.2) is 13.1 Å². The Balaban J connectivity index is 2.88. The van der Waals surface area contributed by atoms with Crippen molar-refractivity contribution in [1.82, 2.24) is 0 Å². The van der Waals surface area contributed by atoms with Gasteiger partial charge in [-0.2, -0.15) is 0 Å². The van der Waals surface area contributed by atoms with E-state index in [0.717, 1.165) is 18.4 Å². The number of hydrogen-bond donors (Lipinski definition) is 0. The summed E-state index contributed by atoms with van der Waals surface area (Å²) in [5, 5.41) is 0. The minimum atomic E-state index is -0.141. The molecule has 1 aromatic rings. The number of halogens is 1. The number of rotatable bonds is 4. The van der Waals surface area contributed by atoms with E-state index in [1.165, 1.54) is 10.7 Å². The third-order valence-corrected chi connectivity index (χ3v) is 3.05. The number of benzene rings is 1. The van der Waals surface area contributed by atoms with E-state index < -0.39 is 0 Å². The number of methoxy groups -OCH3 is 1. The third kappa shape index (κ3) is 3.48. The van der Waals surface area contributed by atoms with Crippen LogP contribution in [0.15, 0.2) is 24.3 Å². The van der Waals surface area contributed by atoms with E-state index in [-0.39, 0.29) is 11.9 Å². The van der Waals surface area contributed by atoms with E-state index in [2.05, 4.69) is 29.5 Å². The average molecular weight is 318 g/mol. The second-order valence-corrected chi connectivity index (χ2v) is 4.66. The lowest BCUT2D eigenvalue weighted by Gasteiger charge is -2.13. The minimum Gasteiger partial charge on any atom is -0.469 e. The molecule has 0 bridgehead atoms. The first-order chi connectivity index (χ1) is 7.19. The van der Waals surface area contributed by atoms with Crippen molar-refractivity contribution < 1.29 is 9.53 Å². The summed E-state index contributed by atoms with van der Waals surface area (Å²) in [4.78, 5) is 11.6. The highest BCUT2D eigenvalue weighted by atomic mass is 127. The highest BCUT2D eigenvalue weighted by molar-refractivity contribution is 14.1. The van der Waals surface area contributed by atoms with Gasteiger partial charge in [0.25, 0.3) is 0 Å². The topological polar surface area (TPSA) is 26.3 Å². The van der Waals surface area contributed by atoms with E-state index in [0.29, 0.717) is 0 Å². The van der Waals surface area contributed by atoms with Crippen LogP contribution < -0.4 is 0 Å². The molecule has 0 saturated carbocycles. The van der Waals surface area contributed by atoms with Crippen molar-refractivity contribution in [3.8, 4) is 0 Å². The predicted octanol–water partition coefficient (Wildman–Crippen LogP) is 3.35. The number of carbonyl (C=O) groups is 1. The molecule has 0 aliphatic heterocycles. The molecule has 0 aliphatic rings. The van der Waals surface area contributed by atoms with Gasteiger partial charge in [0.15, 0.2) is 0 Å². The maximum absolute atomic E-state index is 11.6. The molecule has 2 nitrogen and oxygen atoms in total. The Morgan fingerprint density at radius 3 is 2.47 bits per heavy atom. The number of ether oxygens (including phenoxy) is 1. The van der Waals surface area contributed by atoms with Gasteiger partial charge >= 0.3 is 5.97 Å². The molecule has 1 atom stereocenters. The van der Waals surface area contributed by atoms with E-state index in [9.17, 15) is 4.79 Å². The first-order valence-electron chi connectivity index (χ1n) is 5.02. The van der Waals surface area contributed by atoms with Gasteiger partial charge in [-0.05, 0) is 46.7 Å². The number of hydrogen-bond acceptors (Lipinski definition) is 2. The summed E-state index contributed by atoms with van der Waals surface area (Å²) in [5.41, 5.74) is 1.05. The zero-order valence-electron chi connectivity index (χ0n) is 9.00. The predicted molar refractivity (Wildman–Crippen MR) is 68.8 cm³/mol. The zero-order valence-corrected chi connectivity index (χ0v) is 11.2. The highest BCUT2D eigenvalue weighted by Gasteiger charge is 2.19. The van der Waals surface area contributed by atoms with Crippen molar-refractivity contribution in [3.63, 3.8) is 0 Å². The lowest BCUT2D eigenvalue weighted by Crippen LogP contribution is -2.14. The molecule has 0 saturated heterocycles. The molecule has 15 heavy (non-hydrogen) atoms. The fourth-order valence-electron chi connectivity index (χ4n) is 1.55. The Bertz CT molecular complexity index is 319. The van der Waals surface area contributed by atoms with Crippen molar-refractivity contribution in [2.24, 2.45) is 0 Å². The largest absolute Gasteiger partial charge is 0.469 e. The molecule has 0 aromatic heterocycles. The van der Waals surface area contributed by atoms with Crippen LogP contribution in [-0.2, 0) is 9.53 Å². The molecule has 0 heterocycles. The summed E-state index contributed by atoms with van der Waals surface area (Å²) in [6, 6.07) is 8.03. The maximum atomic E-state index is 11.6. The van der Waals surface area contributed by atoms with E-state index in [4.69, 9.17) is 4.74 Å². The van der Waals surface area contributed by atoms with Gasteiger partial charge in [-0.1, -0.05) is 25.5 Å². The van der Waals surface area contributed by atoms with Gasteiger partial charge in [0.2, 0.25) is 0 Å². The quantitative estimate of drug-likeness (QED) is 0.629. The minimum absolute atomic E-state index is 0.114. The molecule has 82 valence electrons. The SMILES string of the molecule is CCCC(C(=O)OC)c1ccc(I)cc1. The van der Waals surface area contributed by atoms with Crippen LogP contribution in [0.2, 0.25) is 0 Å². The van der Waals surface area contributed by atoms with Gasteiger partial charge in [-0.3, -0.25) is 4.79 Å². The Kier molecular flexibility index (Phi) is 5.08. The summed E-state index contributed by atoms with van der Waals surface area (Å²) in [6.07, 6.45) is 1.82. The standard InChI is InChI=1S/C12H15IO2/c1-3-4-11(12(14)15-2)9-5-7-10(13)8-6-9/h5-8,11H,3-4H2,1-2H3. The van der Waals surface area contributed by atoms with Gasteiger partial charge < -0.3 is 4.74 Å². The Hall–Kier alpha value is -0.580. The summed E-state index contributed by atoms with van der Waals surface area (Å²) in [5.74, 6) is -0.255. The molecule has 0 amide bonds. The first-order valence-corrected chi connectivity index (χ1v) is 6.10. The van der Waals surface area contributed by atoms with Crippen LogP contribution in [0.1, 0.15) is 31.2 Å². The summed E-state index contributed by atoms with van der Waals surface area (Å²) in [6.45, 7) is 2.07.